The third kappa shape index (κ3) is 3.47. The van der Waals surface area contributed by atoms with Gasteiger partial charge in [-0.05, 0) is 68.2 Å². The number of piperidine rings is 1. The maximum Gasteiger partial charge on any atom is 0.134 e. The summed E-state index contributed by atoms with van der Waals surface area (Å²) in [5.41, 5.74) is 5.18. The first kappa shape index (κ1) is 20.4. The Kier molecular flexibility index (Phi) is 5.00. The van der Waals surface area contributed by atoms with Crippen LogP contribution in [0.2, 0.25) is 0 Å². The lowest BCUT2D eigenvalue weighted by Crippen LogP contribution is -2.49. The van der Waals surface area contributed by atoms with Crippen LogP contribution in [0, 0.1) is 0 Å². The Morgan fingerprint density at radius 3 is 2.35 bits per heavy atom. The highest BCUT2D eigenvalue weighted by molar-refractivity contribution is 5.91. The zero-order valence-electron chi connectivity index (χ0n) is 19.6. The largest absolute Gasteiger partial charge is 0.294 e. The maximum atomic E-state index is 4.46. The van der Waals surface area contributed by atoms with Crippen molar-refractivity contribution in [3.8, 4) is 17.1 Å². The van der Waals surface area contributed by atoms with E-state index in [4.69, 9.17) is 0 Å². The van der Waals surface area contributed by atoms with E-state index in [0.29, 0.717) is 5.92 Å². The Hall–Kier alpha value is -2.99. The van der Waals surface area contributed by atoms with Crippen LogP contribution in [0.3, 0.4) is 0 Å². The van der Waals surface area contributed by atoms with Crippen LogP contribution < -0.4 is 0 Å². The van der Waals surface area contributed by atoms with E-state index < -0.39 is 0 Å². The van der Waals surface area contributed by atoms with Crippen molar-refractivity contribution in [2.24, 2.45) is 0 Å². The maximum absolute atomic E-state index is 4.46. The number of aromatic nitrogens is 5. The van der Waals surface area contributed by atoms with Gasteiger partial charge in [-0.3, -0.25) is 10.00 Å². The number of fused-ring (bicyclic) bond motifs is 3. The van der Waals surface area contributed by atoms with Gasteiger partial charge in [0.05, 0.1) is 17.4 Å². The molecule has 1 saturated carbocycles. The molecule has 6 nitrogen and oxygen atoms in total. The van der Waals surface area contributed by atoms with E-state index in [9.17, 15) is 0 Å². The molecule has 34 heavy (non-hydrogen) atoms. The first-order chi connectivity index (χ1) is 16.8. The van der Waals surface area contributed by atoms with Crippen molar-refractivity contribution in [3.05, 3.63) is 60.3 Å². The molecular weight excluding hydrogens is 420 g/mol. The molecule has 4 heterocycles. The fraction of sp³-hybridized carbons (Fsp3) is 0.464. The minimum atomic E-state index is 0.688. The summed E-state index contributed by atoms with van der Waals surface area (Å²) < 4.78 is 1.86. The van der Waals surface area contributed by atoms with Crippen molar-refractivity contribution in [1.82, 2.24) is 30.1 Å². The van der Waals surface area contributed by atoms with E-state index in [-0.39, 0.29) is 0 Å². The summed E-state index contributed by atoms with van der Waals surface area (Å²) in [7, 11) is 0. The van der Waals surface area contributed by atoms with Crippen LogP contribution in [0.15, 0.2) is 54.7 Å². The van der Waals surface area contributed by atoms with Gasteiger partial charge < -0.3 is 0 Å². The highest BCUT2D eigenvalue weighted by Gasteiger charge is 2.44. The normalized spacial score (nSPS) is 25.8. The lowest BCUT2D eigenvalue weighted by Gasteiger charge is -2.45. The number of aromatic amines is 1. The van der Waals surface area contributed by atoms with Gasteiger partial charge in [0.25, 0.3) is 0 Å². The van der Waals surface area contributed by atoms with Crippen LogP contribution in [0.5, 0.6) is 0 Å². The van der Waals surface area contributed by atoms with Crippen LogP contribution in [0.25, 0.3) is 28.0 Å². The molecule has 174 valence electrons. The van der Waals surface area contributed by atoms with Gasteiger partial charge in [-0.1, -0.05) is 54.8 Å². The van der Waals surface area contributed by atoms with Crippen LogP contribution in [-0.4, -0.2) is 48.2 Å². The van der Waals surface area contributed by atoms with Crippen molar-refractivity contribution >= 4 is 10.9 Å². The zero-order chi connectivity index (χ0) is 22.5. The molecule has 3 atom stereocenters. The molecule has 7 rings (SSSR count). The summed E-state index contributed by atoms with van der Waals surface area (Å²) in [5, 5.41) is 17.4. The Balaban J connectivity index is 1.08. The Labute approximate surface area is 200 Å². The van der Waals surface area contributed by atoms with Gasteiger partial charge in [-0.2, -0.15) is 5.10 Å². The van der Waals surface area contributed by atoms with Crippen LogP contribution in [0.1, 0.15) is 69.3 Å². The molecule has 2 aromatic heterocycles. The average Bonchev–Trinajstić information content (AvgIpc) is 3.60. The van der Waals surface area contributed by atoms with E-state index in [1.165, 1.54) is 63.4 Å². The minimum absolute atomic E-state index is 0.688. The van der Waals surface area contributed by atoms with Gasteiger partial charge >= 0.3 is 0 Å². The highest BCUT2D eigenvalue weighted by atomic mass is 15.4. The third-order valence-electron chi connectivity index (χ3n) is 8.62. The standard InChI is InChI=1S/C28H32N6/c1-2-6-22(7-3-1)34-23-14-15-24(34)17-20(16-23)19-10-12-21(13-11-19)33-18-27(30-32-33)28-25-8-4-5-9-26(25)29-31-28/h4-5,8-13,18,20,22-24H,1-3,6-7,14-17H2,(H,29,31)/t20-,23-,24+. The van der Waals surface area contributed by atoms with Crippen molar-refractivity contribution in [1.29, 1.82) is 0 Å². The molecular formula is C28H32N6. The number of hydrogen-bond acceptors (Lipinski definition) is 4. The van der Waals surface area contributed by atoms with E-state index in [2.05, 4.69) is 55.7 Å². The summed E-state index contributed by atoms with van der Waals surface area (Å²) in [5.74, 6) is 0.688. The molecule has 0 spiro atoms. The fourth-order valence-corrected chi connectivity index (χ4v) is 7.02. The smallest absolute Gasteiger partial charge is 0.134 e. The Morgan fingerprint density at radius 1 is 0.794 bits per heavy atom. The van der Waals surface area contributed by atoms with Gasteiger partial charge in [-0.25, -0.2) is 4.68 Å². The SMILES string of the molecule is c1ccc2c(-c3cn(-c4ccc([C@@H]5C[C@H]6CC[C@@H](C5)N6C5CCCCC5)cc4)nn3)n[nH]c2c1. The second-order valence-corrected chi connectivity index (χ2v) is 10.6. The summed E-state index contributed by atoms with van der Waals surface area (Å²) >= 11 is 0. The first-order valence-corrected chi connectivity index (χ1v) is 13.1. The Morgan fingerprint density at radius 2 is 1.56 bits per heavy atom. The molecule has 4 aromatic rings. The summed E-state index contributed by atoms with van der Waals surface area (Å²) in [6, 6.07) is 19.6. The molecule has 3 fully saturated rings. The topological polar surface area (TPSA) is 62.6 Å². The number of hydrogen-bond donors (Lipinski definition) is 1. The van der Waals surface area contributed by atoms with Gasteiger partial charge in [0.2, 0.25) is 0 Å². The molecule has 6 heteroatoms. The molecule has 3 aliphatic rings. The van der Waals surface area contributed by atoms with Gasteiger partial charge in [0.1, 0.15) is 11.4 Å². The minimum Gasteiger partial charge on any atom is -0.294 e. The number of nitrogens with zero attached hydrogens (tertiary/aromatic N) is 5. The van der Waals surface area contributed by atoms with Crippen molar-refractivity contribution in [2.45, 2.75) is 81.8 Å². The monoisotopic (exact) mass is 452 g/mol. The molecule has 0 amide bonds. The predicted molar refractivity (Wildman–Crippen MR) is 134 cm³/mol. The molecule has 2 aliphatic heterocycles. The average molecular weight is 453 g/mol. The van der Waals surface area contributed by atoms with E-state index in [0.717, 1.165) is 46.1 Å². The lowest BCUT2D eigenvalue weighted by molar-refractivity contribution is 0.0567. The molecule has 1 aliphatic carbocycles. The van der Waals surface area contributed by atoms with Crippen LogP contribution in [0.4, 0.5) is 0 Å². The van der Waals surface area contributed by atoms with Gasteiger partial charge in [-0.15, -0.1) is 5.10 Å². The summed E-state index contributed by atoms with van der Waals surface area (Å²) in [4.78, 5) is 2.96. The second-order valence-electron chi connectivity index (χ2n) is 10.6. The third-order valence-corrected chi connectivity index (χ3v) is 8.62. The molecule has 0 radical (unpaired) electrons. The first-order valence-electron chi connectivity index (χ1n) is 13.1. The number of benzene rings is 2. The van der Waals surface area contributed by atoms with Crippen LogP contribution in [-0.2, 0) is 0 Å². The van der Waals surface area contributed by atoms with Gasteiger partial charge in [0.15, 0.2) is 0 Å². The Bertz CT molecular complexity index is 1270. The van der Waals surface area contributed by atoms with Crippen molar-refractivity contribution in [3.63, 3.8) is 0 Å². The predicted octanol–water partition coefficient (Wildman–Crippen LogP) is 5.85. The number of nitrogens with one attached hydrogen (secondary N) is 1. The van der Waals surface area contributed by atoms with E-state index in [1.54, 1.807) is 0 Å². The lowest BCUT2D eigenvalue weighted by atomic mass is 9.82. The van der Waals surface area contributed by atoms with Crippen molar-refractivity contribution < 1.29 is 0 Å². The zero-order valence-corrected chi connectivity index (χ0v) is 19.6. The number of rotatable bonds is 4. The van der Waals surface area contributed by atoms with E-state index >= 15 is 0 Å². The fourth-order valence-electron chi connectivity index (χ4n) is 7.02. The van der Waals surface area contributed by atoms with Crippen LogP contribution >= 0.6 is 0 Å². The van der Waals surface area contributed by atoms with Crippen molar-refractivity contribution in [2.75, 3.05) is 0 Å². The molecule has 2 bridgehead atoms. The molecule has 2 aromatic carbocycles. The quantitative estimate of drug-likeness (QED) is 0.422. The number of para-hydroxylation sites is 1. The van der Waals surface area contributed by atoms with E-state index in [1.807, 2.05) is 29.1 Å². The molecule has 0 unspecified atom stereocenters. The second kappa shape index (κ2) is 8.35. The summed E-state index contributed by atoms with van der Waals surface area (Å²) in [6.07, 6.45) is 14.6. The number of H-pyrrole nitrogens is 1. The molecule has 2 saturated heterocycles. The molecule has 1 N–H and O–H groups in total. The highest BCUT2D eigenvalue weighted by Crippen LogP contribution is 2.46. The summed E-state index contributed by atoms with van der Waals surface area (Å²) in [6.45, 7) is 0. The van der Waals surface area contributed by atoms with Gasteiger partial charge in [0, 0.05) is 23.5 Å².